The van der Waals surface area contributed by atoms with Crippen molar-refractivity contribution in [3.63, 3.8) is 0 Å². The molecule has 1 aliphatic rings. The smallest absolute Gasteiger partial charge is 0.367 e. The van der Waals surface area contributed by atoms with Gasteiger partial charge in [0, 0.05) is 16.9 Å². The molecular formula is C14H14N2O2S. The number of ether oxygens (including phenoxy) is 1. The van der Waals surface area contributed by atoms with Crippen molar-refractivity contribution in [1.82, 2.24) is 4.98 Å². The van der Waals surface area contributed by atoms with Gasteiger partial charge in [0.1, 0.15) is 0 Å². The molecule has 0 bridgehead atoms. The Morgan fingerprint density at radius 3 is 3.05 bits per heavy atom. The summed E-state index contributed by atoms with van der Waals surface area (Å²) in [5.74, 6) is -0.0761. The summed E-state index contributed by atoms with van der Waals surface area (Å²) in [6.07, 6.45) is 5.69. The molecule has 1 heterocycles. The van der Waals surface area contributed by atoms with Crippen LogP contribution in [0.2, 0.25) is 0 Å². The van der Waals surface area contributed by atoms with Gasteiger partial charge < -0.3 is 4.74 Å². The molecule has 0 saturated heterocycles. The first-order valence-electron chi connectivity index (χ1n) is 6.08. The quantitative estimate of drug-likeness (QED) is 0.795. The second-order valence-corrected chi connectivity index (χ2v) is 5.13. The number of allylic oxidation sites excluding steroid dienone is 4. The van der Waals surface area contributed by atoms with Gasteiger partial charge in [-0.3, -0.25) is 0 Å². The molecule has 2 atom stereocenters. The maximum Gasteiger partial charge on any atom is 0.367 e. The lowest BCUT2D eigenvalue weighted by Gasteiger charge is -2.19. The van der Waals surface area contributed by atoms with Crippen molar-refractivity contribution in [3.8, 4) is 6.07 Å². The fourth-order valence-electron chi connectivity index (χ4n) is 1.99. The van der Waals surface area contributed by atoms with Crippen LogP contribution in [0.1, 0.15) is 35.3 Å². The third-order valence-corrected chi connectivity index (χ3v) is 3.78. The van der Waals surface area contributed by atoms with E-state index in [0.29, 0.717) is 17.2 Å². The van der Waals surface area contributed by atoms with Gasteiger partial charge in [-0.25, -0.2) is 9.78 Å². The van der Waals surface area contributed by atoms with Crippen molar-refractivity contribution in [3.05, 3.63) is 39.9 Å². The number of hydrogen-bond donors (Lipinski definition) is 0. The van der Waals surface area contributed by atoms with Crippen LogP contribution in [0.15, 0.2) is 29.2 Å². The maximum absolute atomic E-state index is 11.6. The molecule has 1 aromatic rings. The van der Waals surface area contributed by atoms with Crippen LogP contribution in [0.4, 0.5) is 0 Å². The van der Waals surface area contributed by atoms with Gasteiger partial charge in [-0.1, -0.05) is 19.1 Å². The van der Waals surface area contributed by atoms with E-state index in [1.54, 1.807) is 13.0 Å². The Balaban J connectivity index is 2.17. The topological polar surface area (TPSA) is 63.0 Å². The molecule has 19 heavy (non-hydrogen) atoms. The number of carbonyl (C=O) groups excluding carboxylic acids is 1. The predicted molar refractivity (Wildman–Crippen MR) is 72.8 cm³/mol. The number of nitriles is 1. The summed E-state index contributed by atoms with van der Waals surface area (Å²) in [7, 11) is 0. The number of thiazole rings is 1. The summed E-state index contributed by atoms with van der Waals surface area (Å²) < 4.78 is 4.93. The zero-order valence-corrected chi connectivity index (χ0v) is 11.6. The largest absolute Gasteiger partial charge is 0.461 e. The molecular weight excluding hydrogens is 260 g/mol. The third-order valence-electron chi connectivity index (χ3n) is 2.93. The van der Waals surface area contributed by atoms with Gasteiger partial charge in [0.15, 0.2) is 0 Å². The molecule has 1 aliphatic carbocycles. The SMILES string of the molecule is CCOC(=O)c1nc(C2C=CC(C#N)=CC2C)cs1. The average Bonchev–Trinajstić information content (AvgIpc) is 2.88. The second-order valence-electron chi connectivity index (χ2n) is 4.28. The van der Waals surface area contributed by atoms with E-state index in [2.05, 4.69) is 11.1 Å². The van der Waals surface area contributed by atoms with Crippen LogP contribution < -0.4 is 0 Å². The summed E-state index contributed by atoms with van der Waals surface area (Å²) in [6.45, 7) is 4.16. The van der Waals surface area contributed by atoms with Gasteiger partial charge >= 0.3 is 5.97 Å². The molecule has 0 saturated carbocycles. The number of aromatic nitrogens is 1. The van der Waals surface area contributed by atoms with E-state index in [1.807, 2.05) is 24.5 Å². The Morgan fingerprint density at radius 2 is 2.42 bits per heavy atom. The number of esters is 1. The fourth-order valence-corrected chi connectivity index (χ4v) is 2.75. The Kier molecular flexibility index (Phi) is 4.13. The minimum absolute atomic E-state index is 0.108. The zero-order valence-electron chi connectivity index (χ0n) is 10.8. The molecule has 0 radical (unpaired) electrons. The Morgan fingerprint density at radius 1 is 1.63 bits per heavy atom. The van der Waals surface area contributed by atoms with Crippen molar-refractivity contribution in [1.29, 1.82) is 5.26 Å². The molecule has 2 unspecified atom stereocenters. The Labute approximate surface area is 116 Å². The van der Waals surface area contributed by atoms with Crippen LogP contribution in [-0.4, -0.2) is 17.6 Å². The van der Waals surface area contributed by atoms with E-state index in [4.69, 9.17) is 10.00 Å². The van der Waals surface area contributed by atoms with Crippen molar-refractivity contribution in [2.24, 2.45) is 5.92 Å². The maximum atomic E-state index is 11.6. The fraction of sp³-hybridized carbons (Fsp3) is 0.357. The number of hydrogen-bond acceptors (Lipinski definition) is 5. The highest BCUT2D eigenvalue weighted by molar-refractivity contribution is 7.11. The zero-order chi connectivity index (χ0) is 13.8. The van der Waals surface area contributed by atoms with Crippen molar-refractivity contribution in [2.45, 2.75) is 19.8 Å². The predicted octanol–water partition coefficient (Wildman–Crippen LogP) is 3.06. The number of rotatable bonds is 3. The molecule has 0 aliphatic heterocycles. The minimum Gasteiger partial charge on any atom is -0.461 e. The monoisotopic (exact) mass is 274 g/mol. The van der Waals surface area contributed by atoms with Gasteiger partial charge in [-0.15, -0.1) is 11.3 Å². The third kappa shape index (κ3) is 2.91. The van der Waals surface area contributed by atoms with E-state index in [-0.39, 0.29) is 17.8 Å². The van der Waals surface area contributed by atoms with Gasteiger partial charge in [-0.2, -0.15) is 5.26 Å². The first kappa shape index (κ1) is 13.5. The Bertz CT molecular complexity index is 581. The van der Waals surface area contributed by atoms with Gasteiger partial charge in [0.25, 0.3) is 0 Å². The molecule has 98 valence electrons. The number of nitrogens with zero attached hydrogens (tertiary/aromatic N) is 2. The second kappa shape index (κ2) is 5.81. The van der Waals surface area contributed by atoms with Gasteiger partial charge in [0.2, 0.25) is 5.01 Å². The van der Waals surface area contributed by atoms with Gasteiger partial charge in [0.05, 0.1) is 18.4 Å². The molecule has 1 aromatic heterocycles. The van der Waals surface area contributed by atoms with Crippen LogP contribution >= 0.6 is 11.3 Å². The lowest BCUT2D eigenvalue weighted by molar-refractivity contribution is 0.0525. The van der Waals surface area contributed by atoms with E-state index in [1.165, 1.54) is 11.3 Å². The number of carbonyl (C=O) groups is 1. The molecule has 0 N–H and O–H groups in total. The van der Waals surface area contributed by atoms with Crippen molar-refractivity contribution in [2.75, 3.05) is 6.61 Å². The first-order chi connectivity index (χ1) is 9.15. The van der Waals surface area contributed by atoms with Crippen LogP contribution in [-0.2, 0) is 4.74 Å². The van der Waals surface area contributed by atoms with E-state index < -0.39 is 0 Å². The molecule has 0 fully saturated rings. The average molecular weight is 274 g/mol. The summed E-state index contributed by atoms with van der Waals surface area (Å²) in [6, 6.07) is 2.13. The van der Waals surface area contributed by atoms with Gasteiger partial charge in [-0.05, 0) is 18.9 Å². The molecule has 0 aromatic carbocycles. The highest BCUT2D eigenvalue weighted by Gasteiger charge is 2.23. The normalized spacial score (nSPS) is 21.6. The molecule has 0 amide bonds. The standard InChI is InChI=1S/C14H14N2O2S/c1-3-18-14(17)13-16-12(8-19-13)11-5-4-10(7-15)6-9(11)2/h4-6,8-9,11H,3H2,1-2H3. The van der Waals surface area contributed by atoms with E-state index in [0.717, 1.165) is 5.69 Å². The molecule has 2 rings (SSSR count). The van der Waals surface area contributed by atoms with Crippen LogP contribution in [0.5, 0.6) is 0 Å². The van der Waals surface area contributed by atoms with Crippen LogP contribution in [0.3, 0.4) is 0 Å². The lowest BCUT2D eigenvalue weighted by atomic mass is 9.85. The summed E-state index contributed by atoms with van der Waals surface area (Å²) >= 11 is 1.29. The van der Waals surface area contributed by atoms with E-state index >= 15 is 0 Å². The summed E-state index contributed by atoms with van der Waals surface area (Å²) in [4.78, 5) is 15.9. The van der Waals surface area contributed by atoms with Crippen LogP contribution in [0.25, 0.3) is 0 Å². The lowest BCUT2D eigenvalue weighted by Crippen LogP contribution is -2.10. The highest BCUT2D eigenvalue weighted by atomic mass is 32.1. The van der Waals surface area contributed by atoms with Crippen molar-refractivity contribution >= 4 is 17.3 Å². The summed E-state index contributed by atoms with van der Waals surface area (Å²) in [5, 5.41) is 11.1. The van der Waals surface area contributed by atoms with Crippen molar-refractivity contribution < 1.29 is 9.53 Å². The van der Waals surface area contributed by atoms with E-state index in [9.17, 15) is 4.79 Å². The van der Waals surface area contributed by atoms with Crippen LogP contribution in [0, 0.1) is 17.2 Å². The summed E-state index contributed by atoms with van der Waals surface area (Å²) in [5.41, 5.74) is 1.52. The first-order valence-corrected chi connectivity index (χ1v) is 6.96. The minimum atomic E-state index is -0.376. The Hall–Kier alpha value is -1.93. The molecule has 0 spiro atoms. The highest BCUT2D eigenvalue weighted by Crippen LogP contribution is 2.32. The molecule has 4 nitrogen and oxygen atoms in total. The molecule has 5 heteroatoms.